The van der Waals surface area contributed by atoms with Crippen LogP contribution < -0.4 is 15.4 Å². The monoisotopic (exact) mass is 298 g/mol. The van der Waals surface area contributed by atoms with Crippen molar-refractivity contribution in [3.63, 3.8) is 0 Å². The highest BCUT2D eigenvalue weighted by Crippen LogP contribution is 2.42. The molecule has 5 nitrogen and oxygen atoms in total. The van der Waals surface area contributed by atoms with Crippen molar-refractivity contribution in [2.45, 2.75) is 19.1 Å². The highest BCUT2D eigenvalue weighted by molar-refractivity contribution is 5.85. The first-order valence-corrected chi connectivity index (χ1v) is 7.17. The van der Waals surface area contributed by atoms with E-state index in [1.165, 1.54) is 0 Å². The fourth-order valence-electron chi connectivity index (χ4n) is 2.89. The number of benzene rings is 2. The average molecular weight is 298 g/mol. The molecule has 3 rings (SSSR count). The van der Waals surface area contributed by atoms with E-state index in [1.807, 2.05) is 54.3 Å². The molecule has 0 amide bonds. The summed E-state index contributed by atoms with van der Waals surface area (Å²) in [5.74, 6) is -0.282. The van der Waals surface area contributed by atoms with Crippen LogP contribution in [0.4, 0.5) is 11.4 Å². The van der Waals surface area contributed by atoms with Crippen molar-refractivity contribution < 1.29 is 14.6 Å². The van der Waals surface area contributed by atoms with Gasteiger partial charge in [-0.1, -0.05) is 36.4 Å². The molecule has 1 aliphatic rings. The minimum absolute atomic E-state index is 0.111. The van der Waals surface area contributed by atoms with E-state index >= 15 is 0 Å². The summed E-state index contributed by atoms with van der Waals surface area (Å²) in [5.41, 5.74) is 7.97. The van der Waals surface area contributed by atoms with Crippen molar-refractivity contribution in [3.8, 4) is 5.75 Å². The molecule has 0 aliphatic carbocycles. The third-order valence-corrected chi connectivity index (χ3v) is 3.76. The summed E-state index contributed by atoms with van der Waals surface area (Å²) in [4.78, 5) is 13.7. The van der Waals surface area contributed by atoms with E-state index in [0.717, 1.165) is 5.56 Å². The quantitative estimate of drug-likeness (QED) is 0.852. The Bertz CT molecular complexity index is 688. The second kappa shape index (κ2) is 5.60. The lowest BCUT2D eigenvalue weighted by Gasteiger charge is -2.39. The van der Waals surface area contributed by atoms with Crippen LogP contribution in [0.3, 0.4) is 0 Å². The number of nitrogens with two attached hydrogens (primary N) is 1. The Kier molecular flexibility index (Phi) is 3.63. The van der Waals surface area contributed by atoms with Gasteiger partial charge in [0.15, 0.2) is 6.04 Å². The van der Waals surface area contributed by atoms with Gasteiger partial charge in [0.1, 0.15) is 17.5 Å². The Balaban J connectivity index is 2.12. The first kappa shape index (κ1) is 14.3. The lowest BCUT2D eigenvalue weighted by molar-refractivity contribution is -0.138. The van der Waals surface area contributed by atoms with Crippen molar-refractivity contribution in [3.05, 3.63) is 54.1 Å². The van der Waals surface area contributed by atoms with Crippen molar-refractivity contribution in [1.82, 2.24) is 0 Å². The third-order valence-electron chi connectivity index (χ3n) is 3.76. The Labute approximate surface area is 128 Å². The van der Waals surface area contributed by atoms with Crippen LogP contribution in [0.1, 0.15) is 18.5 Å². The molecule has 5 heteroatoms. The molecule has 0 radical (unpaired) electrons. The van der Waals surface area contributed by atoms with Crippen molar-refractivity contribution >= 4 is 17.3 Å². The topological polar surface area (TPSA) is 75.8 Å². The predicted molar refractivity (Wildman–Crippen MR) is 85.1 cm³/mol. The van der Waals surface area contributed by atoms with Gasteiger partial charge in [-0.3, -0.25) is 0 Å². The number of ether oxygens (including phenoxy) is 1. The van der Waals surface area contributed by atoms with E-state index in [2.05, 4.69) is 0 Å². The lowest BCUT2D eigenvalue weighted by Crippen LogP contribution is -2.43. The summed E-state index contributed by atoms with van der Waals surface area (Å²) in [7, 11) is 0. The second-order valence-corrected chi connectivity index (χ2v) is 5.43. The van der Waals surface area contributed by atoms with Gasteiger partial charge in [-0.25, -0.2) is 4.79 Å². The molecule has 0 aromatic heterocycles. The van der Waals surface area contributed by atoms with E-state index in [1.54, 1.807) is 6.07 Å². The van der Waals surface area contributed by atoms with Crippen LogP contribution in [0.2, 0.25) is 0 Å². The van der Waals surface area contributed by atoms with Gasteiger partial charge in [0.2, 0.25) is 0 Å². The van der Waals surface area contributed by atoms with Crippen LogP contribution in [0.15, 0.2) is 48.5 Å². The van der Waals surface area contributed by atoms with Crippen LogP contribution in [-0.4, -0.2) is 23.7 Å². The number of carboxylic acids is 1. The number of carboxylic acid groups (broad SMARTS) is 1. The van der Waals surface area contributed by atoms with Gasteiger partial charge in [-0.2, -0.15) is 0 Å². The van der Waals surface area contributed by atoms with Crippen molar-refractivity contribution in [2.24, 2.45) is 0 Å². The van der Waals surface area contributed by atoms with Gasteiger partial charge in [0.05, 0.1) is 12.2 Å². The minimum atomic E-state index is -0.908. The van der Waals surface area contributed by atoms with Gasteiger partial charge in [-0.15, -0.1) is 0 Å². The number of aliphatic carboxylic acids is 1. The standard InChI is InChI=1S/C17H18N2O3/c1-11-10-19(16-13(18)8-5-9-14(16)22-11)15(17(20)21)12-6-3-2-4-7-12/h2-9,11,15H,10,18H2,1H3,(H,20,21). The third kappa shape index (κ3) is 2.45. The molecular weight excluding hydrogens is 280 g/mol. The number of rotatable bonds is 3. The summed E-state index contributed by atoms with van der Waals surface area (Å²) in [5, 5.41) is 9.76. The summed E-state index contributed by atoms with van der Waals surface area (Å²) in [6.07, 6.45) is -0.111. The first-order valence-electron chi connectivity index (χ1n) is 7.17. The molecule has 2 atom stereocenters. The van der Waals surface area contributed by atoms with Crippen LogP contribution in [-0.2, 0) is 4.79 Å². The molecule has 0 bridgehead atoms. The Hall–Kier alpha value is -2.69. The molecule has 0 fully saturated rings. The van der Waals surface area contributed by atoms with Crippen LogP contribution in [0.5, 0.6) is 5.75 Å². The number of anilines is 2. The first-order chi connectivity index (χ1) is 10.6. The maximum Gasteiger partial charge on any atom is 0.331 e. The Morgan fingerprint density at radius 1 is 1.27 bits per heavy atom. The Morgan fingerprint density at radius 2 is 2.00 bits per heavy atom. The number of hydrogen-bond acceptors (Lipinski definition) is 4. The zero-order chi connectivity index (χ0) is 15.7. The summed E-state index contributed by atoms with van der Waals surface area (Å²) in [6, 6.07) is 13.8. The molecule has 3 N–H and O–H groups in total. The largest absolute Gasteiger partial charge is 0.487 e. The molecule has 22 heavy (non-hydrogen) atoms. The van der Waals surface area contributed by atoms with Crippen LogP contribution in [0, 0.1) is 0 Å². The SMILES string of the molecule is CC1CN(C(C(=O)O)c2ccccc2)c2c(N)cccc2O1. The molecule has 114 valence electrons. The molecule has 0 saturated heterocycles. The van der Waals surface area contributed by atoms with Gasteiger partial charge >= 0.3 is 5.97 Å². The van der Waals surface area contributed by atoms with E-state index in [9.17, 15) is 9.90 Å². The normalized spacial score (nSPS) is 18.2. The molecular formula is C17H18N2O3. The molecule has 0 spiro atoms. The van der Waals surface area contributed by atoms with Gasteiger partial charge in [0.25, 0.3) is 0 Å². The van der Waals surface area contributed by atoms with Gasteiger partial charge in [-0.05, 0) is 24.6 Å². The number of fused-ring (bicyclic) bond motifs is 1. The molecule has 1 heterocycles. The molecule has 2 unspecified atom stereocenters. The van der Waals surface area contributed by atoms with E-state index < -0.39 is 12.0 Å². The number of nitrogen functional groups attached to an aromatic ring is 1. The van der Waals surface area contributed by atoms with Crippen molar-refractivity contribution in [1.29, 1.82) is 0 Å². The van der Waals surface area contributed by atoms with E-state index in [4.69, 9.17) is 10.5 Å². The zero-order valence-corrected chi connectivity index (χ0v) is 12.3. The zero-order valence-electron chi connectivity index (χ0n) is 12.3. The molecule has 2 aromatic carbocycles. The van der Waals surface area contributed by atoms with Crippen molar-refractivity contribution in [2.75, 3.05) is 17.2 Å². The average Bonchev–Trinajstić information content (AvgIpc) is 2.47. The maximum atomic E-state index is 11.9. The van der Waals surface area contributed by atoms with Crippen LogP contribution in [0.25, 0.3) is 0 Å². The van der Waals surface area contributed by atoms with E-state index in [0.29, 0.717) is 23.7 Å². The number of para-hydroxylation sites is 1. The summed E-state index contributed by atoms with van der Waals surface area (Å²) < 4.78 is 5.79. The second-order valence-electron chi connectivity index (χ2n) is 5.43. The summed E-state index contributed by atoms with van der Waals surface area (Å²) >= 11 is 0. The number of hydrogen-bond donors (Lipinski definition) is 2. The van der Waals surface area contributed by atoms with Crippen LogP contribution >= 0.6 is 0 Å². The fraction of sp³-hybridized carbons (Fsp3) is 0.235. The molecule has 0 saturated carbocycles. The maximum absolute atomic E-state index is 11.9. The van der Waals surface area contributed by atoms with Gasteiger partial charge in [0, 0.05) is 0 Å². The fourth-order valence-corrected chi connectivity index (χ4v) is 2.89. The Morgan fingerprint density at radius 3 is 2.68 bits per heavy atom. The number of carbonyl (C=O) groups is 1. The molecule has 1 aliphatic heterocycles. The highest BCUT2D eigenvalue weighted by Gasteiger charge is 2.35. The smallest absolute Gasteiger partial charge is 0.331 e. The van der Waals surface area contributed by atoms with E-state index in [-0.39, 0.29) is 6.10 Å². The lowest BCUT2D eigenvalue weighted by atomic mass is 10.0. The number of nitrogens with zero attached hydrogens (tertiary/aromatic N) is 1. The minimum Gasteiger partial charge on any atom is -0.487 e. The predicted octanol–water partition coefficient (Wildman–Crippen LogP) is 2.68. The molecule has 2 aromatic rings. The summed E-state index contributed by atoms with van der Waals surface area (Å²) in [6.45, 7) is 2.39. The highest BCUT2D eigenvalue weighted by atomic mass is 16.5. The van der Waals surface area contributed by atoms with Gasteiger partial charge < -0.3 is 20.5 Å².